The van der Waals surface area contributed by atoms with Crippen LogP contribution >= 0.6 is 0 Å². The van der Waals surface area contributed by atoms with Crippen molar-refractivity contribution in [3.8, 4) is 0 Å². The summed E-state index contributed by atoms with van der Waals surface area (Å²) in [6.45, 7) is 2.37. The van der Waals surface area contributed by atoms with E-state index in [-0.39, 0.29) is 5.56 Å². The fourth-order valence-corrected chi connectivity index (χ4v) is 1.80. The molecule has 0 spiro atoms. The van der Waals surface area contributed by atoms with Gasteiger partial charge in [0.25, 0.3) is 0 Å². The molecule has 0 aliphatic carbocycles. The maximum atomic E-state index is 13.3. The lowest BCUT2D eigenvalue weighted by atomic mass is 10.1. The van der Waals surface area contributed by atoms with Gasteiger partial charge in [-0.3, -0.25) is 0 Å². The molecule has 1 aromatic carbocycles. The van der Waals surface area contributed by atoms with Gasteiger partial charge in [-0.1, -0.05) is 6.42 Å². The standard InChI is InChI=1S/C14H20F3NO/c1-19-8-7-18-6-4-2-3-5-11-9-13(16)14(17)10-12(11)15/h9-10,18H,2-8H2,1H3. The first-order chi connectivity index (χ1) is 9.15. The molecule has 1 aromatic rings. The van der Waals surface area contributed by atoms with Gasteiger partial charge in [0.05, 0.1) is 6.61 Å². The van der Waals surface area contributed by atoms with Crippen LogP contribution in [0.3, 0.4) is 0 Å². The third-order valence-corrected chi connectivity index (χ3v) is 2.87. The molecule has 19 heavy (non-hydrogen) atoms. The highest BCUT2D eigenvalue weighted by atomic mass is 19.2. The highest BCUT2D eigenvalue weighted by molar-refractivity contribution is 5.20. The normalized spacial score (nSPS) is 10.9. The average molecular weight is 275 g/mol. The Labute approximate surface area is 112 Å². The molecular formula is C14H20F3NO. The molecule has 0 aliphatic rings. The summed E-state index contributed by atoms with van der Waals surface area (Å²) in [7, 11) is 1.65. The van der Waals surface area contributed by atoms with E-state index >= 15 is 0 Å². The second kappa shape index (κ2) is 8.93. The molecule has 0 amide bonds. The summed E-state index contributed by atoms with van der Waals surface area (Å²) in [4.78, 5) is 0. The van der Waals surface area contributed by atoms with Gasteiger partial charge in [-0.25, -0.2) is 13.2 Å². The molecule has 0 aromatic heterocycles. The van der Waals surface area contributed by atoms with Gasteiger partial charge in [0.2, 0.25) is 0 Å². The van der Waals surface area contributed by atoms with E-state index in [2.05, 4.69) is 5.32 Å². The van der Waals surface area contributed by atoms with Crippen molar-refractivity contribution in [3.05, 3.63) is 35.1 Å². The third-order valence-electron chi connectivity index (χ3n) is 2.87. The predicted octanol–water partition coefficient (Wildman–Crippen LogP) is 3.05. The Morgan fingerprint density at radius 2 is 1.68 bits per heavy atom. The summed E-state index contributed by atoms with van der Waals surface area (Å²) in [5.74, 6) is -2.79. The first kappa shape index (κ1) is 16.0. The second-order valence-corrected chi connectivity index (χ2v) is 4.41. The minimum Gasteiger partial charge on any atom is -0.383 e. The average Bonchev–Trinajstić information content (AvgIpc) is 2.38. The van der Waals surface area contributed by atoms with Gasteiger partial charge in [0.1, 0.15) is 5.82 Å². The smallest absolute Gasteiger partial charge is 0.161 e. The quantitative estimate of drug-likeness (QED) is 0.552. The van der Waals surface area contributed by atoms with Crippen LogP contribution in [0.5, 0.6) is 0 Å². The first-order valence-electron chi connectivity index (χ1n) is 6.48. The van der Waals surface area contributed by atoms with Gasteiger partial charge in [0.15, 0.2) is 11.6 Å². The van der Waals surface area contributed by atoms with Gasteiger partial charge >= 0.3 is 0 Å². The van der Waals surface area contributed by atoms with E-state index in [0.29, 0.717) is 19.1 Å². The molecule has 5 heteroatoms. The van der Waals surface area contributed by atoms with Gasteiger partial charge in [-0.05, 0) is 37.4 Å². The van der Waals surface area contributed by atoms with Gasteiger partial charge < -0.3 is 10.1 Å². The second-order valence-electron chi connectivity index (χ2n) is 4.41. The number of ether oxygens (including phenoxy) is 1. The number of nitrogens with one attached hydrogen (secondary N) is 1. The fourth-order valence-electron chi connectivity index (χ4n) is 1.80. The highest BCUT2D eigenvalue weighted by Gasteiger charge is 2.09. The maximum Gasteiger partial charge on any atom is 0.161 e. The van der Waals surface area contributed by atoms with Crippen molar-refractivity contribution < 1.29 is 17.9 Å². The Morgan fingerprint density at radius 1 is 0.947 bits per heavy atom. The van der Waals surface area contributed by atoms with Crippen LogP contribution in [0.25, 0.3) is 0 Å². The largest absolute Gasteiger partial charge is 0.383 e. The van der Waals surface area contributed by atoms with Crippen molar-refractivity contribution in [3.63, 3.8) is 0 Å². The minimum absolute atomic E-state index is 0.242. The van der Waals surface area contributed by atoms with E-state index in [9.17, 15) is 13.2 Å². The lowest BCUT2D eigenvalue weighted by molar-refractivity contribution is 0.199. The van der Waals surface area contributed by atoms with Gasteiger partial charge in [0, 0.05) is 19.7 Å². The van der Waals surface area contributed by atoms with Gasteiger partial charge in [-0.2, -0.15) is 0 Å². The summed E-state index contributed by atoms with van der Waals surface area (Å²) in [6.07, 6.45) is 3.07. The molecular weight excluding hydrogens is 255 g/mol. The monoisotopic (exact) mass is 275 g/mol. The Hall–Kier alpha value is -1.07. The Balaban J connectivity index is 2.17. The van der Waals surface area contributed by atoms with Crippen LogP contribution in [-0.2, 0) is 11.2 Å². The summed E-state index contributed by atoms with van der Waals surface area (Å²) >= 11 is 0. The van der Waals surface area contributed by atoms with Crippen LogP contribution in [0.4, 0.5) is 13.2 Å². The van der Waals surface area contributed by atoms with Crippen LogP contribution in [0, 0.1) is 17.5 Å². The third kappa shape index (κ3) is 6.07. The molecule has 0 aliphatic heterocycles. The molecule has 0 fully saturated rings. The topological polar surface area (TPSA) is 21.3 Å². The molecule has 0 radical (unpaired) electrons. The molecule has 0 saturated carbocycles. The predicted molar refractivity (Wildman–Crippen MR) is 68.6 cm³/mol. The molecule has 1 N–H and O–H groups in total. The van der Waals surface area contributed by atoms with E-state index in [1.165, 1.54) is 0 Å². The lowest BCUT2D eigenvalue weighted by Gasteiger charge is -2.05. The number of aryl methyl sites for hydroxylation is 1. The number of hydrogen-bond acceptors (Lipinski definition) is 2. The molecule has 0 atom stereocenters. The zero-order valence-corrected chi connectivity index (χ0v) is 11.1. The van der Waals surface area contributed by atoms with E-state index in [4.69, 9.17) is 4.74 Å². The minimum atomic E-state index is -1.14. The summed E-state index contributed by atoms with van der Waals surface area (Å²) in [6, 6.07) is 1.55. The van der Waals surface area contributed by atoms with Gasteiger partial charge in [-0.15, -0.1) is 0 Å². The number of unbranched alkanes of at least 4 members (excludes halogenated alkanes) is 2. The van der Waals surface area contributed by atoms with Crippen LogP contribution in [-0.4, -0.2) is 26.8 Å². The number of methoxy groups -OCH3 is 1. The molecule has 108 valence electrons. The van der Waals surface area contributed by atoms with Crippen LogP contribution in [0.2, 0.25) is 0 Å². The van der Waals surface area contributed by atoms with Crippen molar-refractivity contribution in [2.24, 2.45) is 0 Å². The number of rotatable bonds is 9. The van der Waals surface area contributed by atoms with Crippen LogP contribution in [0.15, 0.2) is 12.1 Å². The summed E-state index contributed by atoms with van der Waals surface area (Å²) in [5.41, 5.74) is 0.242. The highest BCUT2D eigenvalue weighted by Crippen LogP contribution is 2.16. The Morgan fingerprint density at radius 3 is 2.42 bits per heavy atom. The van der Waals surface area contributed by atoms with Crippen molar-refractivity contribution in [1.29, 1.82) is 0 Å². The molecule has 0 unspecified atom stereocenters. The van der Waals surface area contributed by atoms with E-state index < -0.39 is 17.5 Å². The van der Waals surface area contributed by atoms with Crippen LogP contribution < -0.4 is 5.32 Å². The van der Waals surface area contributed by atoms with E-state index in [1.54, 1.807) is 7.11 Å². The number of hydrogen-bond donors (Lipinski definition) is 1. The van der Waals surface area contributed by atoms with Crippen molar-refractivity contribution in [1.82, 2.24) is 5.32 Å². The maximum absolute atomic E-state index is 13.3. The van der Waals surface area contributed by atoms with Crippen molar-refractivity contribution in [2.75, 3.05) is 26.8 Å². The summed E-state index contributed by atoms with van der Waals surface area (Å²) < 4.78 is 43.9. The Kier molecular flexibility index (Phi) is 7.52. The molecule has 2 nitrogen and oxygen atoms in total. The number of benzene rings is 1. The molecule has 0 saturated heterocycles. The first-order valence-corrected chi connectivity index (χ1v) is 6.48. The van der Waals surface area contributed by atoms with Crippen molar-refractivity contribution in [2.45, 2.75) is 25.7 Å². The van der Waals surface area contributed by atoms with Crippen LogP contribution in [0.1, 0.15) is 24.8 Å². The SMILES string of the molecule is COCCNCCCCCc1cc(F)c(F)cc1F. The number of halogens is 3. The Bertz CT molecular complexity index is 385. The molecule has 0 bridgehead atoms. The lowest BCUT2D eigenvalue weighted by Crippen LogP contribution is -2.20. The van der Waals surface area contributed by atoms with E-state index in [0.717, 1.165) is 38.4 Å². The zero-order valence-electron chi connectivity index (χ0n) is 11.1. The molecule has 0 heterocycles. The summed E-state index contributed by atoms with van der Waals surface area (Å²) in [5, 5.41) is 3.20. The van der Waals surface area contributed by atoms with Crippen molar-refractivity contribution >= 4 is 0 Å². The molecule has 1 rings (SSSR count). The fraction of sp³-hybridized carbons (Fsp3) is 0.571. The van der Waals surface area contributed by atoms with E-state index in [1.807, 2.05) is 0 Å². The zero-order chi connectivity index (χ0) is 14.1.